The highest BCUT2D eigenvalue weighted by Gasteiger charge is 2.34. The number of hydrogen-bond donors (Lipinski definition) is 1. The molecule has 4 nitrogen and oxygen atoms in total. The van der Waals surface area contributed by atoms with Gasteiger partial charge in [-0.2, -0.15) is 4.31 Å². The quantitative estimate of drug-likeness (QED) is 0.792. The molecule has 5 heteroatoms. The van der Waals surface area contributed by atoms with Gasteiger partial charge < -0.3 is 5.11 Å². The Morgan fingerprint density at radius 1 is 1.04 bits per heavy atom. The van der Waals surface area contributed by atoms with Crippen molar-refractivity contribution in [1.82, 2.24) is 4.31 Å². The van der Waals surface area contributed by atoms with Crippen LogP contribution in [0, 0.1) is 5.92 Å². The Hall–Kier alpha value is -0.910. The molecule has 26 heavy (non-hydrogen) atoms. The molecule has 0 bridgehead atoms. The van der Waals surface area contributed by atoms with Crippen molar-refractivity contribution in [3.05, 3.63) is 28.8 Å². The van der Waals surface area contributed by atoms with Gasteiger partial charge in [0.25, 0.3) is 0 Å². The molecule has 1 aromatic rings. The summed E-state index contributed by atoms with van der Waals surface area (Å²) in [6.07, 6.45) is 1.70. The predicted octanol–water partition coefficient (Wildman–Crippen LogP) is 4.45. The molecular formula is C21H35NO3S. The Kier molecular flexibility index (Phi) is 6.92. The fourth-order valence-electron chi connectivity index (χ4n) is 3.71. The molecule has 1 aromatic carbocycles. The van der Waals surface area contributed by atoms with Gasteiger partial charge >= 0.3 is 0 Å². The molecule has 2 rings (SSSR count). The zero-order valence-corrected chi connectivity index (χ0v) is 17.9. The van der Waals surface area contributed by atoms with Crippen LogP contribution in [0.2, 0.25) is 0 Å². The minimum atomic E-state index is -3.58. The van der Waals surface area contributed by atoms with E-state index in [1.807, 2.05) is 0 Å². The lowest BCUT2D eigenvalue weighted by molar-refractivity contribution is 0.165. The van der Waals surface area contributed by atoms with E-state index >= 15 is 0 Å². The molecule has 0 aliphatic carbocycles. The summed E-state index contributed by atoms with van der Waals surface area (Å²) in [6, 6.07) is 4.17. The van der Waals surface area contributed by atoms with Crippen LogP contribution in [0.25, 0.3) is 0 Å². The Labute approximate surface area is 159 Å². The van der Waals surface area contributed by atoms with Crippen LogP contribution >= 0.6 is 0 Å². The topological polar surface area (TPSA) is 57.6 Å². The van der Waals surface area contributed by atoms with Crippen molar-refractivity contribution in [3.63, 3.8) is 0 Å². The van der Waals surface area contributed by atoms with E-state index in [4.69, 9.17) is 0 Å². The lowest BCUT2D eigenvalue weighted by Gasteiger charge is -2.33. The van der Waals surface area contributed by atoms with Gasteiger partial charge in [0.1, 0.15) is 0 Å². The minimum absolute atomic E-state index is 0.0402. The number of hydrogen-bond acceptors (Lipinski definition) is 3. The maximum absolute atomic E-state index is 13.6. The predicted molar refractivity (Wildman–Crippen MR) is 107 cm³/mol. The zero-order chi connectivity index (χ0) is 19.6. The monoisotopic (exact) mass is 381 g/mol. The number of piperidine rings is 1. The van der Waals surface area contributed by atoms with Gasteiger partial charge in [-0.1, -0.05) is 53.7 Å². The number of rotatable bonds is 6. The summed E-state index contributed by atoms with van der Waals surface area (Å²) in [5.41, 5.74) is 3.04. The second-order valence-electron chi connectivity index (χ2n) is 8.55. The van der Waals surface area contributed by atoms with E-state index in [9.17, 15) is 13.5 Å². The fraction of sp³-hybridized carbons (Fsp3) is 0.714. The van der Waals surface area contributed by atoms with Crippen molar-refractivity contribution >= 4 is 10.0 Å². The largest absolute Gasteiger partial charge is 0.396 e. The van der Waals surface area contributed by atoms with Crippen molar-refractivity contribution in [1.29, 1.82) is 0 Å². The molecule has 0 aromatic heterocycles. The molecule has 1 atom stereocenters. The summed E-state index contributed by atoms with van der Waals surface area (Å²) in [6.45, 7) is 13.6. The standard InChI is InChI=1S/C21H35NO3S/c1-14(2)18-10-19(15(3)4)21(20(11-18)16(5)6)26(24,25)22-9-7-8-17(12-22)13-23/h10-11,14-17,23H,7-9,12-13H2,1-6H3. The lowest BCUT2D eigenvalue weighted by atomic mass is 9.89. The molecule has 1 heterocycles. The number of aliphatic hydroxyl groups is 1. The normalized spacial score (nSPS) is 19.7. The molecule has 1 fully saturated rings. The van der Waals surface area contributed by atoms with Crippen LogP contribution in [0.4, 0.5) is 0 Å². The first-order chi connectivity index (χ1) is 12.1. The number of sulfonamides is 1. The summed E-state index contributed by atoms with van der Waals surface area (Å²) >= 11 is 0. The van der Waals surface area contributed by atoms with Gasteiger partial charge in [-0.05, 0) is 53.2 Å². The first kappa shape index (κ1) is 21.4. The van der Waals surface area contributed by atoms with Crippen LogP contribution in [0.3, 0.4) is 0 Å². The second kappa shape index (κ2) is 8.41. The Balaban J connectivity index is 2.65. The third-order valence-electron chi connectivity index (χ3n) is 5.42. The minimum Gasteiger partial charge on any atom is -0.396 e. The summed E-state index contributed by atoms with van der Waals surface area (Å²) in [5.74, 6) is 0.665. The van der Waals surface area contributed by atoms with E-state index in [0.717, 1.165) is 24.0 Å². The maximum Gasteiger partial charge on any atom is 0.243 e. The van der Waals surface area contributed by atoms with Gasteiger partial charge in [0.05, 0.1) is 4.90 Å². The Bertz CT molecular complexity index is 694. The Morgan fingerprint density at radius 3 is 2.00 bits per heavy atom. The van der Waals surface area contributed by atoms with Gasteiger partial charge in [0, 0.05) is 19.7 Å². The van der Waals surface area contributed by atoms with Crippen LogP contribution in [-0.4, -0.2) is 37.5 Å². The van der Waals surface area contributed by atoms with Crippen LogP contribution in [0.5, 0.6) is 0 Å². The molecule has 1 N–H and O–H groups in total. The van der Waals surface area contributed by atoms with Crippen molar-refractivity contribution in [2.24, 2.45) is 5.92 Å². The molecule has 0 amide bonds. The lowest BCUT2D eigenvalue weighted by Crippen LogP contribution is -2.41. The summed E-state index contributed by atoms with van der Waals surface area (Å²) in [4.78, 5) is 0.505. The van der Waals surface area contributed by atoms with Crippen LogP contribution < -0.4 is 0 Å². The molecule has 1 unspecified atom stereocenters. The molecule has 148 valence electrons. The van der Waals surface area contributed by atoms with E-state index < -0.39 is 10.0 Å². The highest BCUT2D eigenvalue weighted by Crippen LogP contribution is 2.37. The van der Waals surface area contributed by atoms with Crippen molar-refractivity contribution in [2.75, 3.05) is 19.7 Å². The molecule has 1 saturated heterocycles. The van der Waals surface area contributed by atoms with Crippen LogP contribution in [-0.2, 0) is 10.0 Å². The summed E-state index contributed by atoms with van der Waals surface area (Å²) in [7, 11) is -3.58. The van der Waals surface area contributed by atoms with Crippen molar-refractivity contribution in [3.8, 4) is 0 Å². The third-order valence-corrected chi connectivity index (χ3v) is 7.42. The average Bonchev–Trinajstić information content (AvgIpc) is 2.60. The molecule has 0 saturated carbocycles. The molecule has 0 spiro atoms. The van der Waals surface area contributed by atoms with Crippen molar-refractivity contribution in [2.45, 2.75) is 77.0 Å². The maximum atomic E-state index is 13.6. The SMILES string of the molecule is CC(C)c1cc(C(C)C)c(S(=O)(=O)N2CCCC(CO)C2)c(C(C)C)c1. The number of aliphatic hydroxyl groups excluding tert-OH is 1. The highest BCUT2D eigenvalue weighted by molar-refractivity contribution is 7.89. The first-order valence-electron chi connectivity index (χ1n) is 9.88. The number of benzene rings is 1. The van der Waals surface area contributed by atoms with E-state index in [0.29, 0.717) is 23.9 Å². The van der Waals surface area contributed by atoms with Crippen LogP contribution in [0.1, 0.15) is 88.8 Å². The smallest absolute Gasteiger partial charge is 0.243 e. The third kappa shape index (κ3) is 4.32. The van der Waals surface area contributed by atoms with Gasteiger partial charge in [-0.15, -0.1) is 0 Å². The molecular weight excluding hydrogens is 346 g/mol. The van der Waals surface area contributed by atoms with Crippen molar-refractivity contribution < 1.29 is 13.5 Å². The fourth-order valence-corrected chi connectivity index (χ4v) is 5.93. The van der Waals surface area contributed by atoms with E-state index in [1.54, 1.807) is 4.31 Å². The van der Waals surface area contributed by atoms with Crippen LogP contribution in [0.15, 0.2) is 17.0 Å². The van der Waals surface area contributed by atoms with E-state index in [2.05, 4.69) is 53.7 Å². The molecule has 1 aliphatic rings. The van der Waals surface area contributed by atoms with Gasteiger partial charge in [-0.25, -0.2) is 8.42 Å². The molecule has 0 radical (unpaired) electrons. The summed E-state index contributed by atoms with van der Waals surface area (Å²) < 4.78 is 28.8. The molecule has 1 aliphatic heterocycles. The summed E-state index contributed by atoms with van der Waals surface area (Å²) in [5, 5.41) is 9.51. The highest BCUT2D eigenvalue weighted by atomic mass is 32.2. The van der Waals surface area contributed by atoms with Gasteiger partial charge in [0.15, 0.2) is 0 Å². The zero-order valence-electron chi connectivity index (χ0n) is 17.1. The second-order valence-corrected chi connectivity index (χ2v) is 10.4. The van der Waals surface area contributed by atoms with E-state index in [-0.39, 0.29) is 24.4 Å². The van der Waals surface area contributed by atoms with Gasteiger partial charge in [0.2, 0.25) is 10.0 Å². The van der Waals surface area contributed by atoms with Gasteiger partial charge in [-0.3, -0.25) is 0 Å². The number of nitrogens with zero attached hydrogens (tertiary/aromatic N) is 1. The first-order valence-corrected chi connectivity index (χ1v) is 11.3. The Morgan fingerprint density at radius 2 is 1.58 bits per heavy atom. The average molecular weight is 382 g/mol. The van der Waals surface area contributed by atoms with E-state index in [1.165, 1.54) is 5.56 Å².